The predicted octanol–water partition coefficient (Wildman–Crippen LogP) is 1.85. The van der Waals surface area contributed by atoms with E-state index in [9.17, 15) is 4.79 Å². The maximum absolute atomic E-state index is 11.1. The van der Waals surface area contributed by atoms with E-state index in [2.05, 4.69) is 10.4 Å². The van der Waals surface area contributed by atoms with Crippen LogP contribution in [0.25, 0.3) is 10.9 Å². The van der Waals surface area contributed by atoms with Crippen molar-refractivity contribution in [3.63, 3.8) is 0 Å². The number of aliphatic carboxylic acids is 1. The first-order valence-electron chi connectivity index (χ1n) is 5.35. The number of para-hydroxylation sites is 1. The molecule has 0 saturated carbocycles. The lowest BCUT2D eigenvalue weighted by atomic mass is 10.1. The average Bonchev–Trinajstić information content (AvgIpc) is 2.56. The molecule has 1 aromatic heterocycles. The van der Waals surface area contributed by atoms with Crippen LogP contribution in [0.2, 0.25) is 0 Å². The molecule has 17 heavy (non-hydrogen) atoms. The minimum absolute atomic E-state index is 0.593. The Balaban J connectivity index is 2.47. The molecule has 90 valence electrons. The van der Waals surface area contributed by atoms with Crippen LogP contribution in [-0.2, 0) is 11.8 Å². The number of carboxylic acids is 1. The molecule has 0 fully saturated rings. The lowest BCUT2D eigenvalue weighted by Crippen LogP contribution is -2.40. The summed E-state index contributed by atoms with van der Waals surface area (Å²) in [7, 11) is 1.83. The Labute approximate surface area is 99.1 Å². The van der Waals surface area contributed by atoms with E-state index in [-0.39, 0.29) is 0 Å². The second-order valence-corrected chi connectivity index (χ2v) is 4.54. The highest BCUT2D eigenvalue weighted by molar-refractivity contribution is 5.92. The van der Waals surface area contributed by atoms with Crippen LogP contribution in [0.1, 0.15) is 13.8 Å². The van der Waals surface area contributed by atoms with Crippen LogP contribution >= 0.6 is 0 Å². The lowest BCUT2D eigenvalue weighted by Gasteiger charge is -2.20. The summed E-state index contributed by atoms with van der Waals surface area (Å²) in [5.74, 6) is -0.317. The highest BCUT2D eigenvalue weighted by Gasteiger charge is 2.28. The maximum Gasteiger partial charge on any atom is 0.328 e. The van der Waals surface area contributed by atoms with E-state index < -0.39 is 11.5 Å². The smallest absolute Gasteiger partial charge is 0.328 e. The molecule has 2 rings (SSSR count). The molecule has 0 bridgehead atoms. The van der Waals surface area contributed by atoms with Crippen molar-refractivity contribution in [2.24, 2.45) is 7.05 Å². The van der Waals surface area contributed by atoms with Gasteiger partial charge in [0.1, 0.15) is 5.54 Å². The van der Waals surface area contributed by atoms with Gasteiger partial charge in [-0.3, -0.25) is 4.68 Å². The van der Waals surface area contributed by atoms with Crippen molar-refractivity contribution < 1.29 is 9.90 Å². The zero-order valence-corrected chi connectivity index (χ0v) is 10.1. The van der Waals surface area contributed by atoms with Crippen LogP contribution in [-0.4, -0.2) is 26.4 Å². The Kier molecular flexibility index (Phi) is 2.53. The molecule has 1 heterocycles. The lowest BCUT2D eigenvalue weighted by molar-refractivity contribution is -0.141. The Morgan fingerprint density at radius 1 is 1.41 bits per heavy atom. The van der Waals surface area contributed by atoms with E-state index in [0.717, 1.165) is 10.9 Å². The van der Waals surface area contributed by atoms with Crippen molar-refractivity contribution in [2.75, 3.05) is 5.32 Å². The number of aromatic nitrogens is 2. The molecule has 1 aromatic carbocycles. The molecule has 0 atom stereocenters. The molecule has 0 aliphatic rings. The summed E-state index contributed by atoms with van der Waals surface area (Å²) in [6, 6.07) is 7.70. The number of benzene rings is 1. The van der Waals surface area contributed by atoms with Crippen molar-refractivity contribution in [3.05, 3.63) is 24.3 Å². The summed E-state index contributed by atoms with van der Waals surface area (Å²) in [6.45, 7) is 3.22. The normalized spacial score (nSPS) is 11.7. The van der Waals surface area contributed by atoms with Gasteiger partial charge in [0.25, 0.3) is 0 Å². The Bertz CT molecular complexity index is 572. The fourth-order valence-electron chi connectivity index (χ4n) is 1.66. The minimum atomic E-state index is -1.04. The third-order valence-electron chi connectivity index (χ3n) is 2.72. The van der Waals surface area contributed by atoms with Crippen LogP contribution in [0.3, 0.4) is 0 Å². The van der Waals surface area contributed by atoms with Gasteiger partial charge >= 0.3 is 5.97 Å². The van der Waals surface area contributed by atoms with Gasteiger partial charge < -0.3 is 10.4 Å². The molecule has 0 aliphatic heterocycles. The van der Waals surface area contributed by atoms with E-state index in [1.807, 2.05) is 31.3 Å². The number of fused-ring (bicyclic) bond motifs is 1. The number of anilines is 1. The van der Waals surface area contributed by atoms with E-state index in [0.29, 0.717) is 5.82 Å². The van der Waals surface area contributed by atoms with Crippen molar-refractivity contribution in [3.8, 4) is 0 Å². The standard InChI is InChI=1S/C12H15N3O2/c1-12(2,11(16)17)13-10-8-6-4-5-7-9(8)15(3)14-10/h4-7H,1-3H3,(H,13,14)(H,16,17). The van der Waals surface area contributed by atoms with Gasteiger partial charge in [-0.05, 0) is 26.0 Å². The second-order valence-electron chi connectivity index (χ2n) is 4.54. The van der Waals surface area contributed by atoms with Gasteiger partial charge in [0.15, 0.2) is 5.82 Å². The fraction of sp³-hybridized carbons (Fsp3) is 0.333. The summed E-state index contributed by atoms with van der Waals surface area (Å²) in [5, 5.41) is 17.3. The van der Waals surface area contributed by atoms with Crippen molar-refractivity contribution in [1.82, 2.24) is 9.78 Å². The first-order valence-corrected chi connectivity index (χ1v) is 5.35. The van der Waals surface area contributed by atoms with Gasteiger partial charge in [0, 0.05) is 12.4 Å². The summed E-state index contributed by atoms with van der Waals surface area (Å²) in [5.41, 5.74) is -0.0758. The number of nitrogens with one attached hydrogen (secondary N) is 1. The van der Waals surface area contributed by atoms with Gasteiger partial charge in [-0.1, -0.05) is 12.1 Å². The average molecular weight is 233 g/mol. The number of carbonyl (C=O) groups is 1. The van der Waals surface area contributed by atoms with Crippen LogP contribution in [0.5, 0.6) is 0 Å². The van der Waals surface area contributed by atoms with Gasteiger partial charge in [0.05, 0.1) is 5.52 Å². The van der Waals surface area contributed by atoms with Gasteiger partial charge in [-0.2, -0.15) is 5.10 Å². The molecule has 0 aliphatic carbocycles. The molecular formula is C12H15N3O2. The van der Waals surface area contributed by atoms with Crippen LogP contribution in [0.4, 0.5) is 5.82 Å². The summed E-state index contributed by atoms with van der Waals surface area (Å²) >= 11 is 0. The van der Waals surface area contributed by atoms with Gasteiger partial charge in [-0.25, -0.2) is 4.79 Å². The Morgan fingerprint density at radius 3 is 2.71 bits per heavy atom. The zero-order chi connectivity index (χ0) is 12.6. The molecule has 0 spiro atoms. The minimum Gasteiger partial charge on any atom is -0.480 e. The number of hydrogen-bond acceptors (Lipinski definition) is 3. The van der Waals surface area contributed by atoms with E-state index in [1.54, 1.807) is 18.5 Å². The predicted molar refractivity (Wildman–Crippen MR) is 66.1 cm³/mol. The number of rotatable bonds is 3. The van der Waals surface area contributed by atoms with E-state index >= 15 is 0 Å². The number of nitrogens with zero attached hydrogens (tertiary/aromatic N) is 2. The summed E-state index contributed by atoms with van der Waals surface area (Å²) in [4.78, 5) is 11.1. The molecule has 0 amide bonds. The van der Waals surface area contributed by atoms with E-state index in [1.165, 1.54) is 0 Å². The quantitative estimate of drug-likeness (QED) is 0.849. The second kappa shape index (κ2) is 3.76. The van der Waals surface area contributed by atoms with Gasteiger partial charge in [-0.15, -0.1) is 0 Å². The molecule has 2 N–H and O–H groups in total. The SMILES string of the molecule is Cn1nc(NC(C)(C)C(=O)O)c2ccccc21. The maximum atomic E-state index is 11.1. The third-order valence-corrected chi connectivity index (χ3v) is 2.72. The molecule has 5 heteroatoms. The van der Waals surface area contributed by atoms with Crippen molar-refractivity contribution in [2.45, 2.75) is 19.4 Å². The first kappa shape index (κ1) is 11.4. The molecule has 0 unspecified atom stereocenters. The summed E-state index contributed by atoms with van der Waals surface area (Å²) < 4.78 is 1.73. The number of hydrogen-bond donors (Lipinski definition) is 2. The number of aryl methyl sites for hydroxylation is 1. The third kappa shape index (κ3) is 1.95. The van der Waals surface area contributed by atoms with Crippen LogP contribution < -0.4 is 5.32 Å². The van der Waals surface area contributed by atoms with E-state index in [4.69, 9.17) is 5.11 Å². The fourth-order valence-corrected chi connectivity index (χ4v) is 1.66. The monoisotopic (exact) mass is 233 g/mol. The topological polar surface area (TPSA) is 67.2 Å². The van der Waals surface area contributed by atoms with Crippen LogP contribution in [0, 0.1) is 0 Å². The molecule has 0 radical (unpaired) electrons. The molecule has 5 nitrogen and oxygen atoms in total. The zero-order valence-electron chi connectivity index (χ0n) is 10.1. The highest BCUT2D eigenvalue weighted by Crippen LogP contribution is 2.24. The van der Waals surface area contributed by atoms with Gasteiger partial charge in [0.2, 0.25) is 0 Å². The molecule has 0 saturated heterocycles. The van der Waals surface area contributed by atoms with Crippen LogP contribution in [0.15, 0.2) is 24.3 Å². The largest absolute Gasteiger partial charge is 0.480 e. The summed E-state index contributed by atoms with van der Waals surface area (Å²) in [6.07, 6.45) is 0. The first-order chi connectivity index (χ1) is 7.92. The molecule has 2 aromatic rings. The Morgan fingerprint density at radius 2 is 2.06 bits per heavy atom. The molecular weight excluding hydrogens is 218 g/mol. The number of carboxylic acid groups (broad SMARTS) is 1. The van der Waals surface area contributed by atoms with Crippen molar-refractivity contribution in [1.29, 1.82) is 0 Å². The Hall–Kier alpha value is -2.04. The van der Waals surface area contributed by atoms with Crippen molar-refractivity contribution >= 4 is 22.7 Å². The highest BCUT2D eigenvalue weighted by atomic mass is 16.4.